The Hall–Kier alpha value is -1.43. The Labute approximate surface area is 128 Å². The summed E-state index contributed by atoms with van der Waals surface area (Å²) >= 11 is 1.55. The van der Waals surface area contributed by atoms with Crippen molar-refractivity contribution in [2.24, 2.45) is 0 Å². The number of aliphatic hydroxyl groups excluding tert-OH is 1. The molecule has 0 saturated heterocycles. The largest absolute Gasteiger partial charge is 0.386 e. The van der Waals surface area contributed by atoms with E-state index < -0.39 is 6.10 Å². The van der Waals surface area contributed by atoms with Crippen LogP contribution in [0.25, 0.3) is 10.1 Å². The number of hydrogen-bond donors (Lipinski definition) is 2. The van der Waals surface area contributed by atoms with E-state index >= 15 is 0 Å². The lowest BCUT2D eigenvalue weighted by Crippen LogP contribution is -2.31. The van der Waals surface area contributed by atoms with Crippen LogP contribution < -0.4 is 5.32 Å². The van der Waals surface area contributed by atoms with E-state index in [1.54, 1.807) is 11.3 Å². The quantitative estimate of drug-likeness (QED) is 0.737. The molecule has 0 fully saturated rings. The first-order chi connectivity index (χ1) is 10.2. The molecule has 0 aliphatic heterocycles. The summed E-state index contributed by atoms with van der Waals surface area (Å²) in [5.74, 6) is -0.189. The molecule has 1 atom stereocenters. The molecule has 0 aliphatic carbocycles. The molecule has 0 saturated carbocycles. The molecule has 1 aromatic heterocycles. The molecule has 2 N–H and O–H groups in total. The summed E-state index contributed by atoms with van der Waals surface area (Å²) in [4.78, 5) is 12.4. The molecular weight excluding hydrogens is 286 g/mol. The lowest BCUT2D eigenvalue weighted by atomic mass is 10.2. The Morgan fingerprint density at radius 2 is 2.24 bits per heavy atom. The molecule has 4 nitrogen and oxygen atoms in total. The number of amides is 1. The van der Waals surface area contributed by atoms with Crippen LogP contribution in [0, 0.1) is 0 Å². The van der Waals surface area contributed by atoms with Gasteiger partial charge in [-0.15, -0.1) is 11.3 Å². The number of rotatable bonds is 8. The highest BCUT2D eigenvalue weighted by atomic mass is 32.1. The van der Waals surface area contributed by atoms with Crippen LogP contribution in [0.4, 0.5) is 0 Å². The van der Waals surface area contributed by atoms with Crippen molar-refractivity contribution < 1.29 is 14.6 Å². The van der Waals surface area contributed by atoms with Crippen LogP contribution in [0.1, 0.15) is 30.7 Å². The minimum Gasteiger partial charge on any atom is -0.386 e. The maximum absolute atomic E-state index is 11.6. The number of fused-ring (bicyclic) bond motifs is 1. The van der Waals surface area contributed by atoms with Gasteiger partial charge in [0.05, 0.1) is 0 Å². The fraction of sp³-hybridized carbons (Fsp3) is 0.438. The average Bonchev–Trinajstić information content (AvgIpc) is 2.93. The zero-order valence-corrected chi connectivity index (χ0v) is 13.0. The minimum atomic E-state index is -0.679. The molecule has 0 radical (unpaired) electrons. The van der Waals surface area contributed by atoms with Crippen molar-refractivity contribution in [1.82, 2.24) is 5.32 Å². The van der Waals surface area contributed by atoms with Crippen LogP contribution in [0.15, 0.2) is 30.3 Å². The molecule has 0 aliphatic rings. The zero-order chi connectivity index (χ0) is 15.1. The lowest BCUT2D eigenvalue weighted by molar-refractivity contribution is -0.126. The Bertz CT molecular complexity index is 549. The third-order valence-electron chi connectivity index (χ3n) is 3.14. The van der Waals surface area contributed by atoms with Gasteiger partial charge >= 0.3 is 0 Å². The van der Waals surface area contributed by atoms with E-state index in [4.69, 9.17) is 4.74 Å². The van der Waals surface area contributed by atoms with Crippen molar-refractivity contribution in [2.75, 3.05) is 19.8 Å². The number of carbonyl (C=O) groups is 1. The van der Waals surface area contributed by atoms with E-state index in [0.29, 0.717) is 6.61 Å². The molecule has 21 heavy (non-hydrogen) atoms. The number of benzene rings is 1. The number of thiophene rings is 1. The summed E-state index contributed by atoms with van der Waals surface area (Å²) in [5, 5.41) is 13.9. The van der Waals surface area contributed by atoms with Gasteiger partial charge in [-0.25, -0.2) is 0 Å². The third kappa shape index (κ3) is 4.81. The van der Waals surface area contributed by atoms with E-state index in [9.17, 15) is 9.90 Å². The van der Waals surface area contributed by atoms with Crippen LogP contribution in [0.3, 0.4) is 0 Å². The smallest absolute Gasteiger partial charge is 0.246 e. The lowest BCUT2D eigenvalue weighted by Gasteiger charge is -2.10. The van der Waals surface area contributed by atoms with E-state index in [-0.39, 0.29) is 19.1 Å². The molecular formula is C16H21NO3S. The second-order valence-electron chi connectivity index (χ2n) is 4.91. The fourth-order valence-electron chi connectivity index (χ4n) is 1.94. The normalized spacial score (nSPS) is 12.5. The number of unbranched alkanes of at least 4 members (excludes halogenated alkanes) is 1. The molecule has 1 heterocycles. The first-order valence-electron chi connectivity index (χ1n) is 7.21. The summed E-state index contributed by atoms with van der Waals surface area (Å²) in [6.07, 6.45) is 1.33. The standard InChI is InChI=1S/C16H21NO3S/c1-2-3-8-20-11-16(19)17-10-13(18)15-9-12-6-4-5-7-14(12)21-15/h4-7,9,13,18H,2-3,8,10-11H2,1H3,(H,17,19). The number of hydrogen-bond acceptors (Lipinski definition) is 4. The van der Waals surface area contributed by atoms with Crippen LogP contribution >= 0.6 is 11.3 Å². The summed E-state index contributed by atoms with van der Waals surface area (Å²) in [5.41, 5.74) is 0. The molecule has 2 aromatic rings. The van der Waals surface area contributed by atoms with Crippen molar-refractivity contribution in [3.8, 4) is 0 Å². The molecule has 114 valence electrons. The van der Waals surface area contributed by atoms with E-state index in [2.05, 4.69) is 12.2 Å². The first kappa shape index (κ1) is 15.9. The Kier molecular flexibility index (Phi) is 6.17. The molecule has 5 heteroatoms. The topological polar surface area (TPSA) is 58.6 Å². The van der Waals surface area contributed by atoms with Crippen LogP contribution in [-0.2, 0) is 9.53 Å². The van der Waals surface area contributed by atoms with Gasteiger partial charge in [-0.2, -0.15) is 0 Å². The molecule has 1 unspecified atom stereocenters. The van der Waals surface area contributed by atoms with Crippen molar-refractivity contribution >= 4 is 27.3 Å². The summed E-state index contributed by atoms with van der Waals surface area (Å²) in [6, 6.07) is 9.96. The number of aliphatic hydroxyl groups is 1. The number of carbonyl (C=O) groups excluding carboxylic acids is 1. The van der Waals surface area contributed by atoms with E-state index in [1.165, 1.54) is 0 Å². The van der Waals surface area contributed by atoms with E-state index in [1.807, 2.05) is 30.3 Å². The van der Waals surface area contributed by atoms with Gasteiger partial charge in [-0.3, -0.25) is 4.79 Å². The van der Waals surface area contributed by atoms with Crippen LogP contribution in [-0.4, -0.2) is 30.8 Å². The predicted molar refractivity (Wildman–Crippen MR) is 85.5 cm³/mol. The van der Waals surface area contributed by atoms with Gasteiger partial charge in [0.25, 0.3) is 0 Å². The van der Waals surface area contributed by atoms with Crippen molar-refractivity contribution in [3.05, 3.63) is 35.2 Å². The summed E-state index contributed by atoms with van der Waals surface area (Å²) in [7, 11) is 0. The monoisotopic (exact) mass is 307 g/mol. The molecule has 1 aromatic carbocycles. The molecule has 0 spiro atoms. The molecule has 2 rings (SSSR count). The van der Waals surface area contributed by atoms with Gasteiger partial charge < -0.3 is 15.2 Å². The Morgan fingerprint density at radius 3 is 3.00 bits per heavy atom. The Balaban J connectivity index is 1.78. The second-order valence-corrected chi connectivity index (χ2v) is 6.03. The van der Waals surface area contributed by atoms with Crippen LogP contribution in [0.2, 0.25) is 0 Å². The maximum atomic E-state index is 11.6. The zero-order valence-electron chi connectivity index (χ0n) is 12.2. The van der Waals surface area contributed by atoms with Crippen LogP contribution in [0.5, 0.6) is 0 Å². The summed E-state index contributed by atoms with van der Waals surface area (Å²) < 4.78 is 6.37. The number of ether oxygens (including phenoxy) is 1. The second kappa shape index (κ2) is 8.12. The van der Waals surface area contributed by atoms with E-state index in [0.717, 1.165) is 27.8 Å². The van der Waals surface area contributed by atoms with Crippen molar-refractivity contribution in [1.29, 1.82) is 0 Å². The average molecular weight is 307 g/mol. The SMILES string of the molecule is CCCCOCC(=O)NCC(O)c1cc2ccccc2s1. The number of nitrogens with one attached hydrogen (secondary N) is 1. The van der Waals surface area contributed by atoms with Gasteiger partial charge in [0, 0.05) is 22.7 Å². The summed E-state index contributed by atoms with van der Waals surface area (Å²) in [6.45, 7) is 2.94. The molecule has 1 amide bonds. The van der Waals surface area contributed by atoms with Gasteiger partial charge in [-0.05, 0) is 23.9 Å². The first-order valence-corrected chi connectivity index (χ1v) is 8.03. The predicted octanol–water partition coefficient (Wildman–Crippen LogP) is 2.87. The third-order valence-corrected chi connectivity index (χ3v) is 4.36. The van der Waals surface area contributed by atoms with Crippen molar-refractivity contribution in [3.63, 3.8) is 0 Å². The highest BCUT2D eigenvalue weighted by molar-refractivity contribution is 7.19. The highest BCUT2D eigenvalue weighted by Gasteiger charge is 2.12. The molecule has 0 bridgehead atoms. The fourth-order valence-corrected chi connectivity index (χ4v) is 2.99. The Morgan fingerprint density at radius 1 is 1.43 bits per heavy atom. The van der Waals surface area contributed by atoms with Gasteiger partial charge in [-0.1, -0.05) is 31.5 Å². The minimum absolute atomic E-state index is 0.0547. The highest BCUT2D eigenvalue weighted by Crippen LogP contribution is 2.29. The van der Waals surface area contributed by atoms with Gasteiger partial charge in [0.2, 0.25) is 5.91 Å². The van der Waals surface area contributed by atoms with Crippen molar-refractivity contribution in [2.45, 2.75) is 25.9 Å². The van der Waals surface area contributed by atoms with Gasteiger partial charge in [0.1, 0.15) is 12.7 Å². The maximum Gasteiger partial charge on any atom is 0.246 e. The van der Waals surface area contributed by atoms with Gasteiger partial charge in [0.15, 0.2) is 0 Å².